The number of amides is 1. The van der Waals surface area contributed by atoms with Crippen LogP contribution in [0.15, 0.2) is 6.07 Å². The highest BCUT2D eigenvalue weighted by Gasteiger charge is 2.34. The monoisotopic (exact) mass is 317 g/mol. The number of nitrogens with zero attached hydrogens (tertiary/aromatic N) is 1. The number of hydrogen-bond acceptors (Lipinski definition) is 4. The van der Waals surface area contributed by atoms with Crippen molar-refractivity contribution in [3.8, 4) is 0 Å². The SMILES string of the molecule is CCCNC(=O)c1sc2nc(C(F)(F)F)cc(C)c2c1N. The average molecular weight is 317 g/mol. The lowest BCUT2D eigenvalue weighted by Crippen LogP contribution is -2.23. The van der Waals surface area contributed by atoms with Gasteiger partial charge < -0.3 is 11.1 Å². The van der Waals surface area contributed by atoms with Crippen molar-refractivity contribution >= 4 is 33.1 Å². The van der Waals surface area contributed by atoms with Crippen molar-refractivity contribution in [2.45, 2.75) is 26.4 Å². The molecule has 0 saturated carbocycles. The lowest BCUT2D eigenvalue weighted by Gasteiger charge is -2.07. The highest BCUT2D eigenvalue weighted by atomic mass is 32.1. The normalized spacial score (nSPS) is 11.9. The third kappa shape index (κ3) is 2.94. The van der Waals surface area contributed by atoms with Gasteiger partial charge in [-0.15, -0.1) is 11.3 Å². The van der Waals surface area contributed by atoms with E-state index in [1.807, 2.05) is 6.92 Å². The van der Waals surface area contributed by atoms with E-state index in [4.69, 9.17) is 5.73 Å². The van der Waals surface area contributed by atoms with Crippen LogP contribution >= 0.6 is 11.3 Å². The Morgan fingerprint density at radius 3 is 2.71 bits per heavy atom. The molecule has 0 bridgehead atoms. The Bertz CT molecular complexity index is 694. The maximum Gasteiger partial charge on any atom is 0.433 e. The van der Waals surface area contributed by atoms with Crippen molar-refractivity contribution in [2.75, 3.05) is 12.3 Å². The average Bonchev–Trinajstić information content (AvgIpc) is 2.73. The third-order valence-electron chi connectivity index (χ3n) is 2.93. The first-order chi connectivity index (χ1) is 9.75. The van der Waals surface area contributed by atoms with Crippen molar-refractivity contribution in [2.24, 2.45) is 0 Å². The molecule has 4 nitrogen and oxygen atoms in total. The fourth-order valence-electron chi connectivity index (χ4n) is 1.94. The van der Waals surface area contributed by atoms with E-state index in [9.17, 15) is 18.0 Å². The highest BCUT2D eigenvalue weighted by Crippen LogP contribution is 2.38. The zero-order valence-electron chi connectivity index (χ0n) is 11.5. The van der Waals surface area contributed by atoms with E-state index in [0.717, 1.165) is 23.8 Å². The van der Waals surface area contributed by atoms with Gasteiger partial charge >= 0.3 is 6.18 Å². The predicted octanol–water partition coefficient (Wildman–Crippen LogP) is 3.35. The van der Waals surface area contributed by atoms with E-state index < -0.39 is 11.9 Å². The maximum absolute atomic E-state index is 12.8. The minimum absolute atomic E-state index is 0.126. The van der Waals surface area contributed by atoms with Crippen molar-refractivity contribution in [1.29, 1.82) is 0 Å². The standard InChI is InChI=1S/C13H14F3N3OS/c1-3-4-18-11(20)10-9(17)8-6(2)5-7(13(14,15)16)19-12(8)21-10/h5H,3-4,17H2,1-2H3,(H,18,20). The van der Waals surface area contributed by atoms with Crippen LogP contribution in [-0.2, 0) is 6.18 Å². The summed E-state index contributed by atoms with van der Waals surface area (Å²) in [5.74, 6) is -0.384. The Morgan fingerprint density at radius 2 is 2.14 bits per heavy atom. The molecule has 0 aliphatic rings. The number of carbonyl (C=O) groups is 1. The number of nitrogen functional groups attached to an aromatic ring is 1. The molecule has 114 valence electrons. The number of carbonyl (C=O) groups excluding carboxylic acids is 1. The van der Waals surface area contributed by atoms with Gasteiger partial charge in [-0.2, -0.15) is 13.2 Å². The number of aryl methyl sites for hydroxylation is 1. The second-order valence-corrected chi connectivity index (χ2v) is 5.60. The molecule has 21 heavy (non-hydrogen) atoms. The topological polar surface area (TPSA) is 68.0 Å². The van der Waals surface area contributed by atoms with E-state index >= 15 is 0 Å². The molecule has 8 heteroatoms. The number of thiophene rings is 1. The van der Waals surface area contributed by atoms with Gasteiger partial charge in [0.25, 0.3) is 5.91 Å². The lowest BCUT2D eigenvalue weighted by atomic mass is 10.1. The Balaban J connectivity index is 2.55. The molecule has 0 spiro atoms. The van der Waals surface area contributed by atoms with E-state index in [1.165, 1.54) is 6.92 Å². The molecule has 2 aromatic heterocycles. The van der Waals surface area contributed by atoms with E-state index in [1.54, 1.807) is 0 Å². The molecule has 0 atom stereocenters. The van der Waals surface area contributed by atoms with Crippen LogP contribution in [-0.4, -0.2) is 17.4 Å². The first kappa shape index (κ1) is 15.6. The maximum atomic E-state index is 12.8. The van der Waals surface area contributed by atoms with Gasteiger partial charge in [0, 0.05) is 11.9 Å². The van der Waals surface area contributed by atoms with Crippen LogP contribution in [0.25, 0.3) is 10.2 Å². The van der Waals surface area contributed by atoms with Crippen LogP contribution in [0.1, 0.15) is 34.3 Å². The number of rotatable bonds is 3. The largest absolute Gasteiger partial charge is 0.433 e. The summed E-state index contributed by atoms with van der Waals surface area (Å²) >= 11 is 0.879. The fourth-order valence-corrected chi connectivity index (χ4v) is 3.03. The minimum Gasteiger partial charge on any atom is -0.397 e. The molecule has 0 aliphatic carbocycles. The molecule has 0 aliphatic heterocycles. The summed E-state index contributed by atoms with van der Waals surface area (Å²) in [6.07, 6.45) is -3.77. The molecule has 3 N–H and O–H groups in total. The van der Waals surface area contributed by atoms with Crippen molar-refractivity contribution in [3.63, 3.8) is 0 Å². The van der Waals surface area contributed by atoms with Gasteiger partial charge in [-0.25, -0.2) is 4.98 Å². The number of aromatic nitrogens is 1. The lowest BCUT2D eigenvalue weighted by molar-refractivity contribution is -0.141. The van der Waals surface area contributed by atoms with Gasteiger partial charge in [-0.3, -0.25) is 4.79 Å². The number of pyridine rings is 1. The smallest absolute Gasteiger partial charge is 0.397 e. The molecule has 0 unspecified atom stereocenters. The van der Waals surface area contributed by atoms with Gasteiger partial charge in [0.2, 0.25) is 0 Å². The predicted molar refractivity (Wildman–Crippen MR) is 76.4 cm³/mol. The van der Waals surface area contributed by atoms with E-state index in [-0.39, 0.29) is 21.3 Å². The van der Waals surface area contributed by atoms with Gasteiger partial charge in [0.1, 0.15) is 15.4 Å². The summed E-state index contributed by atoms with van der Waals surface area (Å²) in [5, 5.41) is 3.07. The number of nitrogens with two attached hydrogens (primary N) is 1. The molecule has 0 radical (unpaired) electrons. The van der Waals surface area contributed by atoms with Crippen LogP contribution in [0, 0.1) is 6.92 Å². The summed E-state index contributed by atoms with van der Waals surface area (Å²) < 4.78 is 38.3. The molecule has 0 saturated heterocycles. The van der Waals surface area contributed by atoms with Crippen LogP contribution in [0.3, 0.4) is 0 Å². The minimum atomic E-state index is -4.53. The number of halogens is 3. The Morgan fingerprint density at radius 1 is 1.48 bits per heavy atom. The second kappa shape index (κ2) is 5.51. The van der Waals surface area contributed by atoms with Gasteiger partial charge in [-0.05, 0) is 25.0 Å². The molecule has 2 aromatic rings. The molecule has 0 aromatic carbocycles. The molecular weight excluding hydrogens is 303 g/mol. The zero-order chi connectivity index (χ0) is 15.8. The van der Waals surface area contributed by atoms with Gasteiger partial charge in [0.05, 0.1) is 5.69 Å². The van der Waals surface area contributed by atoms with Gasteiger partial charge in [0.15, 0.2) is 0 Å². The number of fused-ring (bicyclic) bond motifs is 1. The van der Waals surface area contributed by atoms with E-state index in [0.29, 0.717) is 17.5 Å². The van der Waals surface area contributed by atoms with Crippen LogP contribution in [0.4, 0.5) is 18.9 Å². The van der Waals surface area contributed by atoms with Crippen LogP contribution in [0.5, 0.6) is 0 Å². The number of nitrogens with one attached hydrogen (secondary N) is 1. The number of alkyl halides is 3. The van der Waals surface area contributed by atoms with E-state index in [2.05, 4.69) is 10.3 Å². The third-order valence-corrected chi connectivity index (χ3v) is 4.03. The Kier molecular flexibility index (Phi) is 4.08. The fraction of sp³-hybridized carbons (Fsp3) is 0.385. The van der Waals surface area contributed by atoms with Crippen LogP contribution < -0.4 is 11.1 Å². The Hall–Kier alpha value is -1.83. The first-order valence-corrected chi connectivity index (χ1v) is 7.12. The first-order valence-electron chi connectivity index (χ1n) is 6.30. The molecule has 1 amide bonds. The quantitative estimate of drug-likeness (QED) is 0.912. The van der Waals surface area contributed by atoms with Crippen molar-refractivity contribution < 1.29 is 18.0 Å². The number of hydrogen-bond donors (Lipinski definition) is 2. The zero-order valence-corrected chi connectivity index (χ0v) is 12.3. The van der Waals surface area contributed by atoms with Crippen LogP contribution in [0.2, 0.25) is 0 Å². The summed E-state index contributed by atoms with van der Waals surface area (Å²) in [6.45, 7) is 3.90. The second-order valence-electron chi connectivity index (χ2n) is 4.60. The molecule has 0 fully saturated rings. The Labute approximate surface area is 123 Å². The number of anilines is 1. The van der Waals surface area contributed by atoms with Gasteiger partial charge in [-0.1, -0.05) is 6.92 Å². The summed E-state index contributed by atoms with van der Waals surface area (Å²) in [6, 6.07) is 0.944. The molecular formula is C13H14F3N3OS. The summed E-state index contributed by atoms with van der Waals surface area (Å²) in [5.41, 5.74) is 5.46. The molecule has 2 rings (SSSR count). The summed E-state index contributed by atoms with van der Waals surface area (Å²) in [4.78, 5) is 15.9. The van der Waals surface area contributed by atoms with Crippen molar-refractivity contribution in [3.05, 3.63) is 22.2 Å². The summed E-state index contributed by atoms with van der Waals surface area (Å²) in [7, 11) is 0. The molecule has 2 heterocycles. The highest BCUT2D eigenvalue weighted by molar-refractivity contribution is 7.21. The van der Waals surface area contributed by atoms with Crippen molar-refractivity contribution in [1.82, 2.24) is 10.3 Å².